The predicted octanol–water partition coefficient (Wildman–Crippen LogP) is 3.10. The number of methoxy groups -OCH3 is 2. The molecule has 27 heavy (non-hydrogen) atoms. The summed E-state index contributed by atoms with van der Waals surface area (Å²) in [4.78, 5) is 14.6. The predicted molar refractivity (Wildman–Crippen MR) is 115 cm³/mol. The van der Waals surface area contributed by atoms with Gasteiger partial charge >= 0.3 is 0 Å². The molecule has 0 bridgehead atoms. The molecule has 2 aromatic carbocycles. The van der Waals surface area contributed by atoms with Crippen LogP contribution in [0.2, 0.25) is 0 Å². The molecule has 0 saturated carbocycles. The van der Waals surface area contributed by atoms with Crippen molar-refractivity contribution < 1.29 is 14.4 Å². The number of halogens is 1. The Morgan fingerprint density at radius 3 is 2.22 bits per heavy atom. The summed E-state index contributed by atoms with van der Waals surface area (Å²) in [6.45, 7) is 0.961. The zero-order valence-electron chi connectivity index (χ0n) is 15.4. The average Bonchev–Trinajstić information content (AvgIpc) is 2.68. The van der Waals surface area contributed by atoms with Crippen LogP contribution < -0.4 is 20.1 Å². The van der Waals surface area contributed by atoms with Crippen LogP contribution >= 0.6 is 24.0 Å². The molecule has 9 heteroatoms. The van der Waals surface area contributed by atoms with Crippen LogP contribution in [0.3, 0.4) is 0 Å². The molecule has 0 aliphatic heterocycles. The lowest BCUT2D eigenvalue weighted by Gasteiger charge is -2.13. The van der Waals surface area contributed by atoms with E-state index in [-0.39, 0.29) is 29.7 Å². The molecule has 0 radical (unpaired) electrons. The van der Waals surface area contributed by atoms with Gasteiger partial charge in [-0.2, -0.15) is 0 Å². The average molecular weight is 486 g/mol. The molecule has 146 valence electrons. The summed E-state index contributed by atoms with van der Waals surface area (Å²) < 4.78 is 10.5. The lowest BCUT2D eigenvalue weighted by molar-refractivity contribution is -0.384. The van der Waals surface area contributed by atoms with Gasteiger partial charge in [-0.05, 0) is 23.3 Å². The van der Waals surface area contributed by atoms with Gasteiger partial charge in [0.2, 0.25) is 0 Å². The highest BCUT2D eigenvalue weighted by Crippen LogP contribution is 2.27. The van der Waals surface area contributed by atoms with Gasteiger partial charge in [0, 0.05) is 32.3 Å². The van der Waals surface area contributed by atoms with Crippen molar-refractivity contribution in [2.75, 3.05) is 21.3 Å². The number of nitro benzene ring substituents is 1. The topological polar surface area (TPSA) is 98.0 Å². The van der Waals surface area contributed by atoms with Crippen LogP contribution in [0.4, 0.5) is 5.69 Å². The van der Waals surface area contributed by atoms with E-state index in [1.54, 1.807) is 27.3 Å². The van der Waals surface area contributed by atoms with E-state index >= 15 is 0 Å². The highest BCUT2D eigenvalue weighted by Gasteiger charge is 2.07. The zero-order chi connectivity index (χ0) is 18.9. The first-order valence-corrected chi connectivity index (χ1v) is 7.96. The van der Waals surface area contributed by atoms with E-state index in [9.17, 15) is 10.1 Å². The Morgan fingerprint density at radius 1 is 1.04 bits per heavy atom. The molecule has 0 aliphatic rings. The summed E-state index contributed by atoms with van der Waals surface area (Å²) in [5.74, 6) is 1.92. The summed E-state index contributed by atoms with van der Waals surface area (Å²) in [7, 11) is 4.85. The van der Waals surface area contributed by atoms with Crippen LogP contribution in [0.15, 0.2) is 47.5 Å². The number of rotatable bonds is 7. The van der Waals surface area contributed by atoms with E-state index < -0.39 is 4.92 Å². The molecule has 0 aromatic heterocycles. The maximum Gasteiger partial charge on any atom is 0.269 e. The lowest BCUT2D eigenvalue weighted by Crippen LogP contribution is -2.36. The van der Waals surface area contributed by atoms with Gasteiger partial charge in [-0.1, -0.05) is 18.2 Å². The van der Waals surface area contributed by atoms with E-state index in [1.165, 1.54) is 12.1 Å². The van der Waals surface area contributed by atoms with Crippen molar-refractivity contribution in [3.05, 3.63) is 63.7 Å². The highest BCUT2D eigenvalue weighted by molar-refractivity contribution is 14.0. The SMILES string of the molecule is CN=C(NCc1cccc([N+](=O)[O-])c1)NCc1ccc(OC)c(OC)c1.I. The van der Waals surface area contributed by atoms with Crippen molar-refractivity contribution in [2.24, 2.45) is 4.99 Å². The van der Waals surface area contributed by atoms with Crippen LogP contribution in [0.5, 0.6) is 11.5 Å². The summed E-state index contributed by atoms with van der Waals surface area (Å²) in [5.41, 5.74) is 1.87. The molecule has 2 N–H and O–H groups in total. The number of non-ortho nitro benzene ring substituents is 1. The number of nitro groups is 1. The van der Waals surface area contributed by atoms with Gasteiger partial charge in [0.15, 0.2) is 17.5 Å². The molecule has 0 spiro atoms. The number of aliphatic imine (C=N–C) groups is 1. The van der Waals surface area contributed by atoms with E-state index in [0.717, 1.165) is 11.1 Å². The second-order valence-corrected chi connectivity index (χ2v) is 5.40. The molecule has 0 unspecified atom stereocenters. The first kappa shape index (κ1) is 22.5. The molecule has 2 aromatic rings. The van der Waals surface area contributed by atoms with Gasteiger partial charge in [0.25, 0.3) is 5.69 Å². The molecule has 0 fully saturated rings. The van der Waals surface area contributed by atoms with Crippen LogP contribution in [0.25, 0.3) is 0 Å². The number of benzene rings is 2. The Balaban J connectivity index is 0.00000364. The Labute approximate surface area is 175 Å². The van der Waals surface area contributed by atoms with Gasteiger partial charge < -0.3 is 20.1 Å². The van der Waals surface area contributed by atoms with Gasteiger partial charge in [-0.3, -0.25) is 15.1 Å². The first-order chi connectivity index (χ1) is 12.6. The minimum Gasteiger partial charge on any atom is -0.493 e. The summed E-state index contributed by atoms with van der Waals surface area (Å²) in [5, 5.41) is 17.2. The Bertz CT molecular complexity index is 799. The van der Waals surface area contributed by atoms with Gasteiger partial charge in [0.1, 0.15) is 0 Å². The first-order valence-electron chi connectivity index (χ1n) is 7.96. The Hall–Kier alpha value is -2.56. The quantitative estimate of drug-likeness (QED) is 0.205. The van der Waals surface area contributed by atoms with Crippen LogP contribution in [0.1, 0.15) is 11.1 Å². The molecule has 0 saturated heterocycles. The summed E-state index contributed by atoms with van der Waals surface area (Å²) in [6, 6.07) is 12.1. The second kappa shape index (κ2) is 11.2. The molecular weight excluding hydrogens is 463 g/mol. The lowest BCUT2D eigenvalue weighted by atomic mass is 10.2. The fourth-order valence-corrected chi connectivity index (χ4v) is 2.36. The van der Waals surface area contributed by atoms with Crippen LogP contribution in [0, 0.1) is 10.1 Å². The monoisotopic (exact) mass is 486 g/mol. The molecule has 8 nitrogen and oxygen atoms in total. The maximum absolute atomic E-state index is 10.8. The normalized spacial score (nSPS) is 10.6. The van der Waals surface area contributed by atoms with Gasteiger partial charge in [-0.15, -0.1) is 24.0 Å². The third-order valence-corrected chi connectivity index (χ3v) is 3.71. The molecule has 0 amide bonds. The number of hydrogen-bond donors (Lipinski definition) is 2. The van der Waals surface area contributed by atoms with E-state index in [2.05, 4.69) is 15.6 Å². The third kappa shape index (κ3) is 6.59. The molecular formula is C18H23IN4O4. The molecule has 0 heterocycles. The summed E-state index contributed by atoms with van der Waals surface area (Å²) >= 11 is 0. The van der Waals surface area contributed by atoms with Crippen molar-refractivity contribution in [3.63, 3.8) is 0 Å². The third-order valence-electron chi connectivity index (χ3n) is 3.71. The van der Waals surface area contributed by atoms with Gasteiger partial charge in [-0.25, -0.2) is 0 Å². The summed E-state index contributed by atoms with van der Waals surface area (Å²) in [6.07, 6.45) is 0. The number of hydrogen-bond acceptors (Lipinski definition) is 5. The van der Waals surface area contributed by atoms with Crippen molar-refractivity contribution in [1.29, 1.82) is 0 Å². The molecule has 0 aliphatic carbocycles. The standard InChI is InChI=1S/C18H22N4O4.HI/c1-19-18(20-11-13-5-4-6-15(9-13)22(23)24)21-12-14-7-8-16(25-2)17(10-14)26-3;/h4-10H,11-12H2,1-3H3,(H2,19,20,21);1H. The number of guanidine groups is 1. The molecule has 2 rings (SSSR count). The fourth-order valence-electron chi connectivity index (χ4n) is 2.36. The van der Waals surface area contributed by atoms with Crippen molar-refractivity contribution in [1.82, 2.24) is 10.6 Å². The largest absolute Gasteiger partial charge is 0.493 e. The van der Waals surface area contributed by atoms with Crippen LogP contribution in [-0.2, 0) is 13.1 Å². The van der Waals surface area contributed by atoms with Crippen molar-refractivity contribution >= 4 is 35.6 Å². The highest BCUT2D eigenvalue weighted by atomic mass is 127. The van der Waals surface area contributed by atoms with E-state index in [4.69, 9.17) is 9.47 Å². The second-order valence-electron chi connectivity index (χ2n) is 5.40. The van der Waals surface area contributed by atoms with Crippen LogP contribution in [-0.4, -0.2) is 32.2 Å². The minimum atomic E-state index is -0.409. The zero-order valence-corrected chi connectivity index (χ0v) is 17.7. The maximum atomic E-state index is 10.8. The Morgan fingerprint density at radius 2 is 1.67 bits per heavy atom. The number of nitrogens with zero attached hydrogens (tertiary/aromatic N) is 2. The van der Waals surface area contributed by atoms with Gasteiger partial charge in [0.05, 0.1) is 19.1 Å². The molecule has 0 atom stereocenters. The van der Waals surface area contributed by atoms with Crippen molar-refractivity contribution in [2.45, 2.75) is 13.1 Å². The van der Waals surface area contributed by atoms with E-state index in [1.807, 2.05) is 24.3 Å². The van der Waals surface area contributed by atoms with E-state index in [0.29, 0.717) is 30.5 Å². The number of ether oxygens (including phenoxy) is 2. The fraction of sp³-hybridized carbons (Fsp3) is 0.278. The minimum absolute atomic E-state index is 0. The Kier molecular flexibility index (Phi) is 9.34. The smallest absolute Gasteiger partial charge is 0.269 e. The number of nitrogens with one attached hydrogen (secondary N) is 2. The van der Waals surface area contributed by atoms with Crippen molar-refractivity contribution in [3.8, 4) is 11.5 Å².